The molecule has 21 heavy (non-hydrogen) atoms. The molecule has 0 atom stereocenters. The summed E-state index contributed by atoms with van der Waals surface area (Å²) in [4.78, 5) is 0. The van der Waals surface area contributed by atoms with Gasteiger partial charge in [0.2, 0.25) is 0 Å². The highest BCUT2D eigenvalue weighted by Crippen LogP contribution is 2.26. The molecule has 108 valence electrons. The van der Waals surface area contributed by atoms with Crippen molar-refractivity contribution in [1.82, 2.24) is 5.32 Å². The fourth-order valence-electron chi connectivity index (χ4n) is 2.82. The largest absolute Gasteiger partial charge is 0.399 e. The van der Waals surface area contributed by atoms with Gasteiger partial charge in [-0.05, 0) is 59.6 Å². The van der Waals surface area contributed by atoms with E-state index in [0.717, 1.165) is 5.69 Å². The van der Waals surface area contributed by atoms with Crippen molar-refractivity contribution in [2.75, 3.05) is 18.8 Å². The van der Waals surface area contributed by atoms with Gasteiger partial charge in [-0.1, -0.05) is 48.9 Å². The van der Waals surface area contributed by atoms with E-state index < -0.39 is 0 Å². The standard InChI is InChI=1S/C14H11N.C5H11N/c15-12-8-7-11-6-5-10-3-1-2-4-13(10)14(11)9-12;1-2-4-6-5-3-1/h1-9H,15H2;6H,1-5H2. The lowest BCUT2D eigenvalue weighted by atomic mass is 10.0. The summed E-state index contributed by atoms with van der Waals surface area (Å²) in [5, 5.41) is 8.28. The Morgan fingerprint density at radius 3 is 2.05 bits per heavy atom. The summed E-state index contributed by atoms with van der Waals surface area (Å²) in [5.41, 5.74) is 6.63. The zero-order valence-electron chi connectivity index (χ0n) is 12.3. The van der Waals surface area contributed by atoms with Crippen LogP contribution in [0.1, 0.15) is 19.3 Å². The molecule has 0 saturated carbocycles. The number of anilines is 1. The Balaban J connectivity index is 0.000000186. The number of nitrogen functional groups attached to an aromatic ring is 1. The SMILES string of the molecule is C1CCNCC1.Nc1ccc2ccc3ccccc3c2c1. The minimum absolute atomic E-state index is 0.818. The van der Waals surface area contributed by atoms with Crippen molar-refractivity contribution < 1.29 is 0 Å². The predicted molar refractivity (Wildman–Crippen MR) is 92.6 cm³/mol. The first-order valence-electron chi connectivity index (χ1n) is 7.72. The minimum atomic E-state index is 0.818. The molecule has 0 unspecified atom stereocenters. The maximum absolute atomic E-state index is 5.81. The second-order valence-electron chi connectivity index (χ2n) is 5.58. The van der Waals surface area contributed by atoms with Gasteiger partial charge in [0.15, 0.2) is 0 Å². The molecule has 3 N–H and O–H groups in total. The number of nitrogens with two attached hydrogens (primary N) is 1. The Labute approximate surface area is 126 Å². The zero-order valence-corrected chi connectivity index (χ0v) is 12.3. The fraction of sp³-hybridized carbons (Fsp3) is 0.263. The number of piperidine rings is 1. The molecule has 0 aromatic heterocycles. The normalized spacial score (nSPS) is 14.7. The van der Waals surface area contributed by atoms with Gasteiger partial charge in [0.05, 0.1) is 0 Å². The summed E-state index contributed by atoms with van der Waals surface area (Å²) >= 11 is 0. The molecular formula is C19H22N2. The lowest BCUT2D eigenvalue weighted by molar-refractivity contribution is 0.520. The molecule has 0 radical (unpaired) electrons. The molecule has 1 aliphatic rings. The lowest BCUT2D eigenvalue weighted by Gasteiger charge is -2.08. The average molecular weight is 278 g/mol. The van der Waals surface area contributed by atoms with Crippen molar-refractivity contribution in [3.05, 3.63) is 54.6 Å². The third-order valence-electron chi connectivity index (χ3n) is 3.98. The first-order chi connectivity index (χ1) is 10.3. The maximum atomic E-state index is 5.81. The molecule has 0 amide bonds. The van der Waals surface area contributed by atoms with Crippen LogP contribution >= 0.6 is 0 Å². The van der Waals surface area contributed by atoms with Crippen LogP contribution in [0.2, 0.25) is 0 Å². The van der Waals surface area contributed by atoms with Crippen molar-refractivity contribution in [3.63, 3.8) is 0 Å². The van der Waals surface area contributed by atoms with E-state index in [1.54, 1.807) is 0 Å². The molecule has 0 spiro atoms. The molecule has 3 aromatic rings. The summed E-state index contributed by atoms with van der Waals surface area (Å²) < 4.78 is 0. The molecule has 1 saturated heterocycles. The molecule has 1 fully saturated rings. The van der Waals surface area contributed by atoms with E-state index in [4.69, 9.17) is 5.73 Å². The van der Waals surface area contributed by atoms with Gasteiger partial charge in [-0.25, -0.2) is 0 Å². The third-order valence-corrected chi connectivity index (χ3v) is 3.98. The highest BCUT2D eigenvalue weighted by atomic mass is 14.9. The van der Waals surface area contributed by atoms with E-state index in [0.29, 0.717) is 0 Å². The van der Waals surface area contributed by atoms with Crippen molar-refractivity contribution in [2.45, 2.75) is 19.3 Å². The van der Waals surface area contributed by atoms with Crippen LogP contribution in [0.25, 0.3) is 21.5 Å². The first-order valence-corrected chi connectivity index (χ1v) is 7.72. The van der Waals surface area contributed by atoms with E-state index in [1.807, 2.05) is 12.1 Å². The van der Waals surface area contributed by atoms with Gasteiger partial charge in [0.1, 0.15) is 0 Å². The molecule has 2 nitrogen and oxygen atoms in total. The smallest absolute Gasteiger partial charge is 0.0320 e. The number of hydrogen-bond donors (Lipinski definition) is 2. The van der Waals surface area contributed by atoms with Crippen LogP contribution in [-0.4, -0.2) is 13.1 Å². The zero-order chi connectivity index (χ0) is 14.5. The van der Waals surface area contributed by atoms with E-state index in [2.05, 4.69) is 47.8 Å². The third kappa shape index (κ3) is 3.34. The van der Waals surface area contributed by atoms with Gasteiger partial charge in [0.25, 0.3) is 0 Å². The lowest BCUT2D eigenvalue weighted by Crippen LogP contribution is -2.21. The molecule has 1 aliphatic heterocycles. The first kappa shape index (κ1) is 13.9. The molecule has 0 bridgehead atoms. The van der Waals surface area contributed by atoms with Gasteiger partial charge < -0.3 is 11.1 Å². The number of rotatable bonds is 0. The summed E-state index contributed by atoms with van der Waals surface area (Å²) in [7, 11) is 0. The number of hydrogen-bond acceptors (Lipinski definition) is 2. The summed E-state index contributed by atoms with van der Waals surface area (Å²) in [6.45, 7) is 2.50. The van der Waals surface area contributed by atoms with E-state index in [9.17, 15) is 0 Å². The van der Waals surface area contributed by atoms with Crippen LogP contribution < -0.4 is 11.1 Å². The van der Waals surface area contributed by atoms with Gasteiger partial charge >= 0.3 is 0 Å². The maximum Gasteiger partial charge on any atom is 0.0320 e. The summed E-state index contributed by atoms with van der Waals surface area (Å²) in [6.07, 6.45) is 4.22. The topological polar surface area (TPSA) is 38.0 Å². The fourth-order valence-corrected chi connectivity index (χ4v) is 2.82. The second-order valence-corrected chi connectivity index (χ2v) is 5.58. The van der Waals surface area contributed by atoms with Gasteiger partial charge in [-0.15, -0.1) is 0 Å². The van der Waals surface area contributed by atoms with Gasteiger partial charge in [-0.3, -0.25) is 0 Å². The Morgan fingerprint density at radius 2 is 1.38 bits per heavy atom. The molecule has 3 aromatic carbocycles. The van der Waals surface area contributed by atoms with Crippen molar-refractivity contribution in [2.24, 2.45) is 0 Å². The molecule has 4 rings (SSSR count). The average Bonchev–Trinajstić information content (AvgIpc) is 2.57. The van der Waals surface area contributed by atoms with Crippen LogP contribution in [0.15, 0.2) is 54.6 Å². The van der Waals surface area contributed by atoms with E-state index in [-0.39, 0.29) is 0 Å². The Hall–Kier alpha value is -2.06. The Morgan fingerprint density at radius 1 is 0.714 bits per heavy atom. The monoisotopic (exact) mass is 278 g/mol. The van der Waals surface area contributed by atoms with Crippen LogP contribution in [0.3, 0.4) is 0 Å². The van der Waals surface area contributed by atoms with Crippen LogP contribution in [0.5, 0.6) is 0 Å². The van der Waals surface area contributed by atoms with Crippen molar-refractivity contribution in [1.29, 1.82) is 0 Å². The highest BCUT2D eigenvalue weighted by Gasteiger charge is 1.99. The quantitative estimate of drug-likeness (QED) is 0.474. The summed E-state index contributed by atoms with van der Waals surface area (Å²) in [6, 6.07) is 18.7. The number of benzene rings is 3. The van der Waals surface area contributed by atoms with Crippen molar-refractivity contribution >= 4 is 27.2 Å². The van der Waals surface area contributed by atoms with Crippen LogP contribution in [-0.2, 0) is 0 Å². The Bertz CT molecular complexity index is 718. The molecular weight excluding hydrogens is 256 g/mol. The summed E-state index contributed by atoms with van der Waals surface area (Å²) in [5.74, 6) is 0. The van der Waals surface area contributed by atoms with Gasteiger partial charge in [-0.2, -0.15) is 0 Å². The second kappa shape index (κ2) is 6.59. The predicted octanol–water partition coefficient (Wildman–Crippen LogP) is 4.34. The van der Waals surface area contributed by atoms with E-state index >= 15 is 0 Å². The molecule has 0 aliphatic carbocycles. The van der Waals surface area contributed by atoms with Crippen molar-refractivity contribution in [3.8, 4) is 0 Å². The number of fused-ring (bicyclic) bond motifs is 3. The molecule has 1 heterocycles. The minimum Gasteiger partial charge on any atom is -0.399 e. The number of nitrogens with one attached hydrogen (secondary N) is 1. The van der Waals surface area contributed by atoms with Crippen LogP contribution in [0, 0.1) is 0 Å². The van der Waals surface area contributed by atoms with E-state index in [1.165, 1.54) is 53.9 Å². The van der Waals surface area contributed by atoms with Crippen LogP contribution in [0.4, 0.5) is 5.69 Å². The highest BCUT2D eigenvalue weighted by molar-refractivity contribution is 6.08. The Kier molecular flexibility index (Phi) is 4.37. The molecule has 2 heteroatoms. The van der Waals surface area contributed by atoms with Gasteiger partial charge in [0, 0.05) is 5.69 Å².